The average Bonchev–Trinajstić information content (AvgIpc) is 3.66. The number of ether oxygens (including phenoxy) is 1. The summed E-state index contributed by atoms with van der Waals surface area (Å²) in [5, 5.41) is 9.28. The first-order chi connectivity index (χ1) is 25.6. The summed E-state index contributed by atoms with van der Waals surface area (Å²) in [5.41, 5.74) is 1.64. The number of carbonyl (C=O) groups excluding carboxylic acids is 4. The van der Waals surface area contributed by atoms with Crippen LogP contribution in [-0.4, -0.2) is 68.0 Å². The van der Waals surface area contributed by atoms with Crippen molar-refractivity contribution in [1.29, 1.82) is 0 Å². The molecule has 0 saturated carbocycles. The van der Waals surface area contributed by atoms with Gasteiger partial charge in [0.2, 0.25) is 12.3 Å². The van der Waals surface area contributed by atoms with E-state index in [4.69, 9.17) is 23.0 Å². The second kappa shape index (κ2) is 22.5. The molecule has 0 unspecified atom stereocenters. The van der Waals surface area contributed by atoms with Gasteiger partial charge >= 0.3 is 7.60 Å². The van der Waals surface area contributed by atoms with E-state index < -0.39 is 31.4 Å². The average molecular weight is 757 g/mol. The van der Waals surface area contributed by atoms with Gasteiger partial charge in [0, 0.05) is 5.56 Å². The van der Waals surface area contributed by atoms with Crippen LogP contribution in [0.3, 0.4) is 0 Å². The van der Waals surface area contributed by atoms with E-state index in [0.29, 0.717) is 30.6 Å². The number of nitrogens with one attached hydrogen (secondary N) is 3. The number of rotatable bonds is 25. The van der Waals surface area contributed by atoms with Crippen LogP contribution in [0.5, 0.6) is 5.75 Å². The summed E-state index contributed by atoms with van der Waals surface area (Å²) in [6, 6.07) is 16.8. The number of carbonyl (C=O) groups is 4. The zero-order chi connectivity index (χ0) is 38.6. The van der Waals surface area contributed by atoms with Crippen LogP contribution in [0, 0.1) is 5.92 Å². The van der Waals surface area contributed by atoms with E-state index in [0.717, 1.165) is 24.8 Å². The molecule has 0 aliphatic heterocycles. The molecule has 4 amide bonds. The second-order valence-electron chi connectivity index (χ2n) is 11.9. The monoisotopic (exact) mass is 756 g/mol. The molecule has 0 aliphatic carbocycles. The quantitative estimate of drug-likeness (QED) is 0.0279. The van der Waals surface area contributed by atoms with Crippen molar-refractivity contribution < 1.29 is 46.8 Å². The first-order valence-electron chi connectivity index (χ1n) is 18.1. The van der Waals surface area contributed by atoms with Gasteiger partial charge in [0.15, 0.2) is 5.76 Å². The highest BCUT2D eigenvalue weighted by molar-refractivity contribution is 7.53. The van der Waals surface area contributed by atoms with Gasteiger partial charge in [-0.2, -0.15) is 0 Å². The van der Waals surface area contributed by atoms with Crippen LogP contribution in [0.15, 0.2) is 65.1 Å². The molecule has 3 N–H and O–H groups in total. The van der Waals surface area contributed by atoms with Gasteiger partial charge in [-0.1, -0.05) is 69.5 Å². The summed E-state index contributed by atoms with van der Waals surface area (Å²) >= 11 is 0. The van der Waals surface area contributed by atoms with Crippen LogP contribution in [-0.2, 0) is 34.6 Å². The van der Waals surface area contributed by atoms with Crippen molar-refractivity contribution in [3.05, 3.63) is 77.6 Å². The first-order valence-corrected chi connectivity index (χ1v) is 19.9. The molecule has 0 aliphatic rings. The molecule has 3 rings (SSSR count). The van der Waals surface area contributed by atoms with Gasteiger partial charge in [-0.25, -0.2) is 5.06 Å². The van der Waals surface area contributed by atoms with E-state index in [9.17, 15) is 23.7 Å². The fourth-order valence-electron chi connectivity index (χ4n) is 5.65. The molecule has 2 aromatic carbocycles. The van der Waals surface area contributed by atoms with Crippen LogP contribution in [0.25, 0.3) is 11.3 Å². The zero-order valence-corrected chi connectivity index (χ0v) is 32.2. The maximum absolute atomic E-state index is 13.5. The lowest BCUT2D eigenvalue weighted by Crippen LogP contribution is -2.48. The van der Waals surface area contributed by atoms with E-state index in [2.05, 4.69) is 22.9 Å². The van der Waals surface area contributed by atoms with Gasteiger partial charge in [0.1, 0.15) is 24.4 Å². The van der Waals surface area contributed by atoms with Crippen molar-refractivity contribution in [2.45, 2.75) is 79.4 Å². The Kier molecular flexibility index (Phi) is 18.3. The summed E-state index contributed by atoms with van der Waals surface area (Å²) < 4.78 is 34.9. The molecule has 15 heteroatoms. The number of amides is 4. The second-order valence-corrected chi connectivity index (χ2v) is 14.0. The lowest BCUT2D eigenvalue weighted by Gasteiger charge is -2.32. The summed E-state index contributed by atoms with van der Waals surface area (Å²) in [5.74, 6) is -1.36. The molecular weight excluding hydrogens is 703 g/mol. The van der Waals surface area contributed by atoms with Gasteiger partial charge in [-0.3, -0.25) is 28.6 Å². The molecule has 1 aromatic heterocycles. The minimum absolute atomic E-state index is 0.00371. The summed E-state index contributed by atoms with van der Waals surface area (Å²) in [6.45, 7) is 9.72. The molecule has 3 aromatic rings. The molecule has 0 fully saturated rings. The normalized spacial score (nSPS) is 12.4. The largest absolute Gasteiger partial charge is 0.493 e. The van der Waals surface area contributed by atoms with Gasteiger partial charge in [0.05, 0.1) is 44.0 Å². The van der Waals surface area contributed by atoms with E-state index in [1.165, 1.54) is 11.1 Å². The number of benzene rings is 2. The summed E-state index contributed by atoms with van der Waals surface area (Å²) in [6.07, 6.45) is 4.01. The van der Waals surface area contributed by atoms with Crippen LogP contribution >= 0.6 is 7.60 Å². The highest BCUT2D eigenvalue weighted by Gasteiger charge is 2.32. The Hall–Kier alpha value is -4.49. The molecule has 0 saturated heterocycles. The Labute approximate surface area is 311 Å². The molecule has 0 bridgehead atoms. The Balaban J connectivity index is 1.65. The minimum Gasteiger partial charge on any atom is -0.493 e. The van der Waals surface area contributed by atoms with Gasteiger partial charge < -0.3 is 34.2 Å². The maximum Gasteiger partial charge on any atom is 0.349 e. The highest BCUT2D eigenvalue weighted by atomic mass is 31.2. The molecule has 0 radical (unpaired) electrons. The molecule has 1 heterocycles. The topological polar surface area (TPSA) is 175 Å². The minimum atomic E-state index is -3.51. The summed E-state index contributed by atoms with van der Waals surface area (Å²) in [7, 11) is -3.51. The summed E-state index contributed by atoms with van der Waals surface area (Å²) in [4.78, 5) is 57.5. The Morgan fingerprint density at radius 1 is 0.868 bits per heavy atom. The van der Waals surface area contributed by atoms with Crippen molar-refractivity contribution in [2.24, 2.45) is 5.92 Å². The lowest BCUT2D eigenvalue weighted by molar-refractivity contribution is -0.200. The van der Waals surface area contributed by atoms with Crippen LogP contribution < -0.4 is 20.7 Å². The lowest BCUT2D eigenvalue weighted by atomic mass is 9.90. The Bertz CT molecular complexity index is 1640. The van der Waals surface area contributed by atoms with Crippen LogP contribution in [0.2, 0.25) is 0 Å². The Morgan fingerprint density at radius 2 is 1.60 bits per heavy atom. The molecule has 2 atom stereocenters. The molecule has 53 heavy (non-hydrogen) atoms. The number of nitrogens with zero attached hydrogens (tertiary/aromatic N) is 1. The number of hydroxylamine groups is 2. The molecular formula is C38H53N4O10P. The predicted molar refractivity (Wildman–Crippen MR) is 200 cm³/mol. The van der Waals surface area contributed by atoms with Crippen molar-refractivity contribution in [1.82, 2.24) is 21.0 Å². The number of hydrogen-bond acceptors (Lipinski definition) is 10. The first kappa shape index (κ1) is 42.9. The molecule has 14 nitrogen and oxygen atoms in total. The third-order valence-electron chi connectivity index (χ3n) is 8.23. The predicted octanol–water partition coefficient (Wildman–Crippen LogP) is 6.67. The molecule has 290 valence electrons. The van der Waals surface area contributed by atoms with Crippen LogP contribution in [0.4, 0.5) is 0 Å². The van der Waals surface area contributed by atoms with Gasteiger partial charge in [-0.05, 0) is 63.4 Å². The fraction of sp³-hybridized carbons (Fsp3) is 0.474. The van der Waals surface area contributed by atoms with E-state index in [-0.39, 0.29) is 62.4 Å². The number of unbranched alkanes of at least 4 members (excludes halogenated alkanes) is 2. The van der Waals surface area contributed by atoms with Crippen LogP contribution in [0.1, 0.15) is 93.2 Å². The number of furan rings is 1. The standard InChI is InChI=1S/C38H53N4O10P/c1-6-11-13-18-30(32(7-2)42(27-43)49-24-28-16-14-12-15-17-28)36(44)39-25-40-38(46)34-22-21-33(52-34)29-19-20-31(35(23-29)48-8-3)37(45)41-26-53(47,50-9-4)51-10-5/h12,14-17,19-23,27,30,32H,6-11,13,18,24-26H2,1-5H3,(H,39,44)(H,40,46)(H,41,45)/t30-,32-/m1/s1. The third-order valence-corrected chi connectivity index (χ3v) is 10.1. The van der Waals surface area contributed by atoms with E-state index in [1.54, 1.807) is 45.0 Å². The van der Waals surface area contributed by atoms with Crippen molar-refractivity contribution in [3.63, 3.8) is 0 Å². The van der Waals surface area contributed by atoms with Crippen molar-refractivity contribution in [3.8, 4) is 17.1 Å². The maximum atomic E-state index is 13.5. The zero-order valence-electron chi connectivity index (χ0n) is 31.3. The van der Waals surface area contributed by atoms with Gasteiger partial charge in [0.25, 0.3) is 11.8 Å². The third kappa shape index (κ3) is 13.1. The van der Waals surface area contributed by atoms with Crippen molar-refractivity contribution >= 4 is 31.7 Å². The Morgan fingerprint density at radius 3 is 2.25 bits per heavy atom. The highest BCUT2D eigenvalue weighted by Crippen LogP contribution is 2.46. The van der Waals surface area contributed by atoms with E-state index >= 15 is 0 Å². The van der Waals surface area contributed by atoms with Gasteiger partial charge in [-0.15, -0.1) is 0 Å². The van der Waals surface area contributed by atoms with Crippen molar-refractivity contribution in [2.75, 3.05) is 32.8 Å². The SMILES string of the molecule is CCCCC[C@@H](C(=O)NCNC(=O)c1ccc(-c2ccc(C(=O)NCP(=O)(OCC)OCC)c(OCC)c2)o1)[C@@H](CC)N(C=O)OCc1ccccc1. The smallest absolute Gasteiger partial charge is 0.349 e. The van der Waals surface area contributed by atoms with E-state index in [1.807, 2.05) is 37.3 Å². The fourth-order valence-corrected chi connectivity index (χ4v) is 7.03. The number of hydrogen-bond donors (Lipinski definition) is 3. The molecule has 0 spiro atoms.